The topological polar surface area (TPSA) is 66.2 Å². The normalized spacial score (nSPS) is 24.2. The standard InChI is InChI=1S/C23H31ClFN2O2S.Y/c1-2-3-6-20(28)16-10-15(12-26-13-16)8-9-17-18(21(29)11-19(17)24)5-4-7-23-27-22(25)14-30-23;/h10,12-13,17-21,28-29H,2-9,11H2,1H3;/q-1;/t17-,18-,19?,20?,21?;/m1./s1. The number of hydrogen-bond acceptors (Lipinski definition) is 5. The van der Waals surface area contributed by atoms with Crippen LogP contribution < -0.4 is 0 Å². The van der Waals surface area contributed by atoms with Crippen molar-refractivity contribution in [3.63, 3.8) is 0 Å². The number of aliphatic hydroxyl groups is 2. The van der Waals surface area contributed by atoms with Gasteiger partial charge >= 0.3 is 0 Å². The number of unbranched alkanes of at least 4 members (excludes halogenated alkanes) is 1. The van der Waals surface area contributed by atoms with Gasteiger partial charge in [0.2, 0.25) is 0 Å². The molecule has 2 aromatic rings. The fourth-order valence-corrected chi connectivity index (χ4v) is 5.63. The molecule has 169 valence electrons. The van der Waals surface area contributed by atoms with Crippen molar-refractivity contribution in [1.29, 1.82) is 0 Å². The van der Waals surface area contributed by atoms with Crippen LogP contribution in [0.2, 0.25) is 0 Å². The first-order chi connectivity index (χ1) is 14.5. The first kappa shape index (κ1) is 27.3. The number of aryl methyl sites for hydroxylation is 2. The minimum atomic E-state index is -0.537. The average Bonchev–Trinajstić information content (AvgIpc) is 3.27. The Labute approximate surface area is 218 Å². The number of halogens is 2. The van der Waals surface area contributed by atoms with Crippen molar-refractivity contribution in [2.24, 2.45) is 11.8 Å². The molecule has 0 spiro atoms. The number of thiazole rings is 1. The van der Waals surface area contributed by atoms with Gasteiger partial charge in [0.25, 0.3) is 0 Å². The Hall–Kier alpha value is 0.0239. The second-order valence-corrected chi connectivity index (χ2v) is 9.80. The quantitative estimate of drug-likeness (QED) is 0.300. The van der Waals surface area contributed by atoms with Gasteiger partial charge in [-0.2, -0.15) is 0 Å². The maximum absolute atomic E-state index is 13.0. The van der Waals surface area contributed by atoms with Gasteiger partial charge < -0.3 is 26.5 Å². The second-order valence-electron chi connectivity index (χ2n) is 8.36. The van der Waals surface area contributed by atoms with Crippen molar-refractivity contribution >= 4 is 22.9 Å². The van der Waals surface area contributed by atoms with Crippen molar-refractivity contribution in [2.75, 3.05) is 0 Å². The molecule has 0 saturated heterocycles. The summed E-state index contributed by atoms with van der Waals surface area (Å²) in [6.07, 6.45) is 10.3. The van der Waals surface area contributed by atoms with E-state index in [2.05, 4.69) is 22.3 Å². The monoisotopic (exact) mass is 542 g/mol. The summed E-state index contributed by atoms with van der Waals surface area (Å²) in [5.74, 6) is -0.159. The molecule has 1 fully saturated rings. The third-order valence-electron chi connectivity index (χ3n) is 6.18. The molecule has 0 aromatic carbocycles. The maximum Gasteiger partial charge on any atom is 0.114 e. The van der Waals surface area contributed by atoms with Crippen LogP contribution in [0.4, 0.5) is 4.39 Å². The fraction of sp³-hybridized carbons (Fsp3) is 0.652. The summed E-state index contributed by atoms with van der Waals surface area (Å²) in [5.41, 5.74) is 1.97. The second kappa shape index (κ2) is 13.7. The van der Waals surface area contributed by atoms with E-state index in [4.69, 9.17) is 11.6 Å². The van der Waals surface area contributed by atoms with Crippen LogP contribution in [0.3, 0.4) is 0 Å². The molecule has 5 atom stereocenters. The maximum atomic E-state index is 13.0. The van der Waals surface area contributed by atoms with Gasteiger partial charge in [-0.3, -0.25) is 4.98 Å². The summed E-state index contributed by atoms with van der Waals surface area (Å²) < 4.78 is 13.0. The molecular weight excluding hydrogens is 512 g/mol. The Kier molecular flexibility index (Phi) is 12.0. The molecule has 2 heterocycles. The van der Waals surface area contributed by atoms with Gasteiger partial charge in [-0.15, -0.1) is 17.0 Å². The molecule has 3 rings (SSSR count). The first-order valence-corrected chi connectivity index (χ1v) is 12.2. The number of aromatic nitrogens is 2. The zero-order valence-corrected chi connectivity index (χ0v) is 22.4. The molecule has 0 amide bonds. The molecule has 0 aliphatic heterocycles. The van der Waals surface area contributed by atoms with Crippen molar-refractivity contribution in [1.82, 2.24) is 9.97 Å². The van der Waals surface area contributed by atoms with Crippen LogP contribution >= 0.6 is 22.9 Å². The van der Waals surface area contributed by atoms with Crippen LogP contribution in [0.15, 0.2) is 18.5 Å². The minimum Gasteiger partial charge on any atom is -0.393 e. The van der Waals surface area contributed by atoms with E-state index in [0.717, 1.165) is 61.1 Å². The van der Waals surface area contributed by atoms with E-state index in [0.29, 0.717) is 12.8 Å². The zero-order chi connectivity index (χ0) is 21.5. The van der Waals surface area contributed by atoms with Crippen LogP contribution in [0.5, 0.6) is 0 Å². The third kappa shape index (κ3) is 8.08. The number of alkyl halides is 1. The van der Waals surface area contributed by atoms with E-state index < -0.39 is 18.2 Å². The van der Waals surface area contributed by atoms with Gasteiger partial charge in [0.15, 0.2) is 0 Å². The fourth-order valence-electron chi connectivity index (χ4n) is 4.51. The molecule has 1 aliphatic rings. The smallest absolute Gasteiger partial charge is 0.114 e. The number of pyridine rings is 1. The molecule has 2 N–H and O–H groups in total. The Balaban J connectivity index is 0.00000341. The van der Waals surface area contributed by atoms with Gasteiger partial charge in [0, 0.05) is 50.5 Å². The Morgan fingerprint density at radius 2 is 2.06 bits per heavy atom. The summed E-state index contributed by atoms with van der Waals surface area (Å²) in [6.45, 7) is 2.12. The Morgan fingerprint density at radius 1 is 1.26 bits per heavy atom. The largest absolute Gasteiger partial charge is 0.393 e. The van der Waals surface area contributed by atoms with Crippen LogP contribution in [-0.2, 0) is 45.6 Å². The van der Waals surface area contributed by atoms with Gasteiger partial charge in [-0.1, -0.05) is 43.7 Å². The zero-order valence-electron chi connectivity index (χ0n) is 18.0. The molecular formula is C23H31ClFN2O2SY-. The molecule has 3 unspecified atom stereocenters. The van der Waals surface area contributed by atoms with Crippen LogP contribution in [0, 0.1) is 23.2 Å². The van der Waals surface area contributed by atoms with Crippen LogP contribution in [0.1, 0.15) is 74.1 Å². The van der Waals surface area contributed by atoms with Gasteiger partial charge in [0.05, 0.1) is 12.2 Å². The van der Waals surface area contributed by atoms with E-state index >= 15 is 0 Å². The number of hydrogen-bond donors (Lipinski definition) is 2. The summed E-state index contributed by atoms with van der Waals surface area (Å²) in [6, 6.07) is 2.05. The summed E-state index contributed by atoms with van der Waals surface area (Å²) in [5, 5.41) is 24.1. The predicted molar refractivity (Wildman–Crippen MR) is 118 cm³/mol. The van der Waals surface area contributed by atoms with E-state index in [1.54, 1.807) is 6.20 Å². The molecule has 8 heteroatoms. The summed E-state index contributed by atoms with van der Waals surface area (Å²) >= 11 is 7.81. The summed E-state index contributed by atoms with van der Waals surface area (Å²) in [7, 11) is 0. The first-order valence-electron chi connectivity index (χ1n) is 10.9. The van der Waals surface area contributed by atoms with Gasteiger partial charge in [0.1, 0.15) is 5.95 Å². The molecule has 0 bridgehead atoms. The predicted octanol–water partition coefficient (Wildman–Crippen LogP) is 5.26. The van der Waals surface area contributed by atoms with E-state index in [1.165, 1.54) is 11.3 Å². The number of nitrogens with zero attached hydrogens (tertiary/aromatic N) is 2. The molecule has 4 nitrogen and oxygen atoms in total. The van der Waals surface area contributed by atoms with Crippen molar-refractivity contribution in [3.05, 3.63) is 45.9 Å². The molecule has 2 aromatic heterocycles. The van der Waals surface area contributed by atoms with Crippen LogP contribution in [0.25, 0.3) is 0 Å². The molecule has 1 aliphatic carbocycles. The van der Waals surface area contributed by atoms with Crippen molar-refractivity contribution < 1.29 is 47.3 Å². The van der Waals surface area contributed by atoms with Gasteiger partial charge in [-0.25, -0.2) is 4.39 Å². The van der Waals surface area contributed by atoms with Crippen molar-refractivity contribution in [2.45, 2.75) is 82.3 Å². The van der Waals surface area contributed by atoms with E-state index in [9.17, 15) is 14.6 Å². The SMILES string of the molecule is CCCCC(O)c1cncc(CC[C@H]2C(Cl)CC(O)[C@@H]2CCCc2nc(F)[c-]s2)c1.[Y]. The average molecular weight is 543 g/mol. The number of aliphatic hydroxyl groups excluding tert-OH is 2. The minimum absolute atomic E-state index is 0. The van der Waals surface area contributed by atoms with Crippen molar-refractivity contribution in [3.8, 4) is 0 Å². The van der Waals surface area contributed by atoms with Gasteiger partial charge in [-0.05, 0) is 55.1 Å². The Bertz CT molecular complexity index is 796. The molecule has 31 heavy (non-hydrogen) atoms. The van der Waals surface area contributed by atoms with E-state index in [-0.39, 0.29) is 49.9 Å². The number of rotatable bonds is 11. The molecule has 1 saturated carbocycles. The molecule has 1 radical (unpaired) electrons. The third-order valence-corrected chi connectivity index (χ3v) is 7.48. The van der Waals surface area contributed by atoms with E-state index in [1.807, 2.05) is 12.3 Å². The Morgan fingerprint density at radius 3 is 2.77 bits per heavy atom. The van der Waals surface area contributed by atoms with Crippen LogP contribution in [-0.4, -0.2) is 31.7 Å². The summed E-state index contributed by atoms with van der Waals surface area (Å²) in [4.78, 5) is 8.14.